The molecule has 0 spiro atoms. The fourth-order valence-electron chi connectivity index (χ4n) is 0.854. The second kappa shape index (κ2) is 23.2. The second-order valence-corrected chi connectivity index (χ2v) is 3.76. The summed E-state index contributed by atoms with van der Waals surface area (Å²) in [5, 5.41) is 0. The smallest absolute Gasteiger partial charge is 0.822 e. The van der Waals surface area contributed by atoms with Gasteiger partial charge in [0.05, 0.1) is 0 Å². The maximum absolute atomic E-state index is 8.55. The number of hydrogen-bond acceptors (Lipinski definition) is 4. The maximum Gasteiger partial charge on any atom is 1.00 e. The summed E-state index contributed by atoms with van der Waals surface area (Å²) in [5.74, 6) is 0. The molecule has 0 amide bonds. The quantitative estimate of drug-likeness (QED) is 0.284. The fourth-order valence-corrected chi connectivity index (χ4v) is 0.854. The van der Waals surface area contributed by atoms with E-state index in [1.165, 1.54) is 38.5 Å². The van der Waals surface area contributed by atoms with Gasteiger partial charge in [-0.1, -0.05) is 52.4 Å². The van der Waals surface area contributed by atoms with Crippen molar-refractivity contribution >= 4 is 7.82 Å². The topological polar surface area (TPSA) is 86.2 Å². The number of hydrogen-bond donors (Lipinski definition) is 0. The van der Waals surface area contributed by atoms with Crippen LogP contribution in [0, 0.1) is 0 Å². The predicted molar refractivity (Wildman–Crippen MR) is 46.7 cm³/mol. The van der Waals surface area contributed by atoms with E-state index in [0.29, 0.717) is 0 Å². The van der Waals surface area contributed by atoms with E-state index in [4.69, 9.17) is 19.2 Å². The molecule has 0 aromatic carbocycles. The third-order valence-electron chi connectivity index (χ3n) is 1.46. The third-order valence-corrected chi connectivity index (χ3v) is 1.46. The molecule has 16 heavy (non-hydrogen) atoms. The van der Waals surface area contributed by atoms with Crippen molar-refractivity contribution in [3.63, 3.8) is 0 Å². The minimum atomic E-state index is -5.39. The van der Waals surface area contributed by atoms with E-state index in [-0.39, 0.29) is 88.7 Å². The van der Waals surface area contributed by atoms with Crippen molar-refractivity contribution in [3.05, 3.63) is 0 Å². The molecule has 0 fully saturated rings. The average molecular weight is 278 g/mol. The zero-order chi connectivity index (χ0) is 10.7. The van der Waals surface area contributed by atoms with Crippen molar-refractivity contribution in [1.82, 2.24) is 0 Å². The Morgan fingerprint density at radius 2 is 0.938 bits per heavy atom. The van der Waals surface area contributed by atoms with Gasteiger partial charge in [-0.3, -0.25) is 0 Å². The zero-order valence-electron chi connectivity index (χ0n) is 11.3. The van der Waals surface area contributed by atoms with Gasteiger partial charge in [-0.25, -0.2) is 0 Å². The first-order chi connectivity index (χ1) is 5.91. The summed E-state index contributed by atoms with van der Waals surface area (Å²) in [5.41, 5.74) is 0. The Balaban J connectivity index is -0.0000000454. The summed E-state index contributed by atoms with van der Waals surface area (Å²) >= 11 is 0. The summed E-state index contributed by atoms with van der Waals surface area (Å²) in [6.45, 7) is 4.51. The van der Waals surface area contributed by atoms with Gasteiger partial charge in [0.25, 0.3) is 0 Å². The fraction of sp³-hybridized carbons (Fsp3) is 1.00. The molecule has 0 rings (SSSR count). The van der Waals surface area contributed by atoms with Gasteiger partial charge in [-0.15, -0.1) is 0 Å². The maximum atomic E-state index is 8.55. The molecule has 8 heteroatoms. The van der Waals surface area contributed by atoms with Crippen LogP contribution in [0.3, 0.4) is 0 Å². The van der Waals surface area contributed by atoms with Crippen LogP contribution in [0.4, 0.5) is 0 Å². The van der Waals surface area contributed by atoms with Gasteiger partial charge in [0.2, 0.25) is 0 Å². The van der Waals surface area contributed by atoms with E-state index >= 15 is 0 Å². The van der Waals surface area contributed by atoms with Gasteiger partial charge < -0.3 is 19.2 Å². The molecule has 0 N–H and O–H groups in total. The van der Waals surface area contributed by atoms with Crippen LogP contribution in [0.2, 0.25) is 0 Å². The van der Waals surface area contributed by atoms with Gasteiger partial charge in [0, 0.05) is 0 Å². The minimum Gasteiger partial charge on any atom is -0.822 e. The van der Waals surface area contributed by atoms with Gasteiger partial charge in [0.1, 0.15) is 0 Å². The van der Waals surface area contributed by atoms with E-state index in [1.807, 2.05) is 0 Å². The van der Waals surface area contributed by atoms with Crippen LogP contribution in [0.15, 0.2) is 0 Å². The van der Waals surface area contributed by atoms with Crippen LogP contribution in [0.25, 0.3) is 0 Å². The van der Waals surface area contributed by atoms with E-state index in [9.17, 15) is 0 Å². The summed E-state index contributed by atoms with van der Waals surface area (Å²) in [4.78, 5) is 25.6. The molecular formula is C8H18Na3O4P. The molecule has 0 saturated heterocycles. The monoisotopic (exact) mass is 278 g/mol. The van der Waals surface area contributed by atoms with Crippen molar-refractivity contribution in [2.45, 2.75) is 52.4 Å². The summed E-state index contributed by atoms with van der Waals surface area (Å²) in [6.07, 6.45) is 8.49. The van der Waals surface area contributed by atoms with Crippen LogP contribution in [-0.2, 0) is 4.57 Å². The largest absolute Gasteiger partial charge is 1.00 e. The molecular weight excluding hydrogens is 260 g/mol. The molecule has 82 valence electrons. The summed E-state index contributed by atoms with van der Waals surface area (Å²) in [7, 11) is -5.39. The standard InChI is InChI=1S/C8H18.3Na.H3O4P/c1-3-5-7-8-6-4-2;;;;1-5(2,3)4/h3-8H2,1-2H3;;;;(H3,1,2,3,4)/q;3*+1;/p-3. The van der Waals surface area contributed by atoms with Crippen LogP contribution < -0.4 is 103 Å². The molecule has 0 aliphatic rings. The Morgan fingerprint density at radius 3 is 1.06 bits per heavy atom. The Morgan fingerprint density at radius 1 is 0.750 bits per heavy atom. The third kappa shape index (κ3) is 67.5. The van der Waals surface area contributed by atoms with Crippen molar-refractivity contribution in [1.29, 1.82) is 0 Å². The molecule has 0 aromatic heterocycles. The van der Waals surface area contributed by atoms with Gasteiger partial charge in [0.15, 0.2) is 0 Å². The normalized spacial score (nSPS) is 8.56. The van der Waals surface area contributed by atoms with Crippen LogP contribution in [0.5, 0.6) is 0 Å². The Hall–Kier alpha value is 3.11. The van der Waals surface area contributed by atoms with Gasteiger partial charge in [-0.2, -0.15) is 7.82 Å². The van der Waals surface area contributed by atoms with E-state index in [0.717, 1.165) is 0 Å². The van der Waals surface area contributed by atoms with E-state index in [1.54, 1.807) is 0 Å². The predicted octanol–water partition coefficient (Wildman–Crippen LogP) is -8.45. The summed E-state index contributed by atoms with van der Waals surface area (Å²) in [6, 6.07) is 0. The molecule has 0 aromatic rings. The van der Waals surface area contributed by atoms with Crippen molar-refractivity contribution in [2.75, 3.05) is 0 Å². The van der Waals surface area contributed by atoms with Crippen LogP contribution >= 0.6 is 7.82 Å². The number of phosphoric acid groups is 1. The zero-order valence-corrected chi connectivity index (χ0v) is 18.2. The average Bonchev–Trinajstić information content (AvgIpc) is 1.95. The van der Waals surface area contributed by atoms with Gasteiger partial charge in [-0.05, 0) is 0 Å². The number of rotatable bonds is 5. The van der Waals surface area contributed by atoms with Crippen molar-refractivity contribution in [3.8, 4) is 0 Å². The SMILES string of the molecule is CCCCCCCC.O=P([O-])([O-])[O-].[Na+].[Na+].[Na+]. The van der Waals surface area contributed by atoms with Crippen LogP contribution in [0.1, 0.15) is 52.4 Å². The number of unbranched alkanes of at least 4 members (excludes halogenated alkanes) is 5. The first kappa shape index (κ1) is 31.5. The Kier molecular flexibility index (Phi) is 45.7. The van der Waals surface area contributed by atoms with E-state index < -0.39 is 7.82 Å². The Bertz CT molecular complexity index is 129. The first-order valence-corrected chi connectivity index (χ1v) is 6.11. The van der Waals surface area contributed by atoms with E-state index in [2.05, 4.69) is 13.8 Å². The molecule has 0 radical (unpaired) electrons. The summed E-state index contributed by atoms with van der Waals surface area (Å²) < 4.78 is 8.55. The Labute approximate surface area is 165 Å². The molecule has 0 saturated carbocycles. The first-order valence-electron chi connectivity index (χ1n) is 4.64. The van der Waals surface area contributed by atoms with Gasteiger partial charge >= 0.3 is 88.7 Å². The minimum absolute atomic E-state index is 0. The van der Waals surface area contributed by atoms with Crippen molar-refractivity contribution in [2.24, 2.45) is 0 Å². The molecule has 0 heterocycles. The molecule has 0 aliphatic carbocycles. The molecule has 4 nitrogen and oxygen atoms in total. The van der Waals surface area contributed by atoms with Crippen LogP contribution in [-0.4, -0.2) is 0 Å². The molecule has 0 aliphatic heterocycles. The molecule has 0 atom stereocenters. The molecule has 0 unspecified atom stereocenters. The molecule has 0 bridgehead atoms. The second-order valence-electron chi connectivity index (χ2n) is 2.86. The van der Waals surface area contributed by atoms with Crippen molar-refractivity contribution < 1.29 is 108 Å².